The fourth-order valence-electron chi connectivity index (χ4n) is 1.76. The van der Waals surface area contributed by atoms with Gasteiger partial charge in [-0.25, -0.2) is 9.48 Å². The lowest BCUT2D eigenvalue weighted by molar-refractivity contribution is 0.367. The summed E-state index contributed by atoms with van der Waals surface area (Å²) in [5.74, 6) is 1.15. The molecule has 0 aliphatic rings. The summed E-state index contributed by atoms with van der Waals surface area (Å²) >= 11 is 0. The molecule has 0 aromatic carbocycles. The largest absolute Gasteiger partial charge is 0.346 e. The Morgan fingerprint density at radius 2 is 1.82 bits per heavy atom. The summed E-state index contributed by atoms with van der Waals surface area (Å²) in [6.07, 6.45) is 0. The maximum absolute atomic E-state index is 12.2. The van der Waals surface area contributed by atoms with Crippen molar-refractivity contribution in [2.24, 2.45) is 0 Å². The van der Waals surface area contributed by atoms with E-state index in [9.17, 15) is 4.79 Å². The Morgan fingerprint density at radius 3 is 2.18 bits per heavy atom. The molecule has 5 nitrogen and oxygen atoms in total. The second kappa shape index (κ2) is 5.49. The van der Waals surface area contributed by atoms with Crippen LogP contribution in [0.25, 0.3) is 0 Å². The lowest BCUT2D eigenvalue weighted by Crippen LogP contribution is -2.30. The van der Waals surface area contributed by atoms with E-state index in [2.05, 4.69) is 23.8 Å². The average Bonchev–Trinajstić information content (AvgIpc) is 2.52. The molecule has 0 bridgehead atoms. The molecule has 0 aliphatic heterocycles. The SMILES string of the molecule is CC(C)c1nn(CCN(C)C)c(=O)n1C(C)C. The van der Waals surface area contributed by atoms with Gasteiger partial charge in [0.1, 0.15) is 5.82 Å². The van der Waals surface area contributed by atoms with Crippen LogP contribution in [0.3, 0.4) is 0 Å². The van der Waals surface area contributed by atoms with Gasteiger partial charge in [-0.15, -0.1) is 0 Å². The van der Waals surface area contributed by atoms with E-state index in [1.807, 2.05) is 27.9 Å². The predicted molar refractivity (Wildman–Crippen MR) is 69.5 cm³/mol. The topological polar surface area (TPSA) is 43.1 Å². The van der Waals surface area contributed by atoms with E-state index in [-0.39, 0.29) is 17.6 Å². The van der Waals surface area contributed by atoms with Crippen LogP contribution in [0.1, 0.15) is 45.5 Å². The highest BCUT2D eigenvalue weighted by molar-refractivity contribution is 4.95. The number of hydrogen-bond donors (Lipinski definition) is 0. The molecule has 0 N–H and O–H groups in total. The Kier molecular flexibility index (Phi) is 4.51. The third-order valence-corrected chi connectivity index (χ3v) is 2.69. The Balaban J connectivity index is 3.09. The van der Waals surface area contributed by atoms with Gasteiger partial charge in [0.05, 0.1) is 6.54 Å². The summed E-state index contributed by atoms with van der Waals surface area (Å²) in [6, 6.07) is 0.160. The van der Waals surface area contributed by atoms with Crippen molar-refractivity contribution < 1.29 is 0 Å². The molecule has 5 heteroatoms. The van der Waals surface area contributed by atoms with E-state index in [0.29, 0.717) is 6.54 Å². The highest BCUT2D eigenvalue weighted by Gasteiger charge is 2.17. The summed E-state index contributed by atoms with van der Waals surface area (Å²) in [6.45, 7) is 9.64. The van der Waals surface area contributed by atoms with Gasteiger partial charge in [0.15, 0.2) is 0 Å². The summed E-state index contributed by atoms with van der Waals surface area (Å²) in [5, 5.41) is 4.44. The standard InChI is InChI=1S/C12H24N4O/c1-9(2)11-13-15(8-7-14(5)6)12(17)16(11)10(3)4/h9-10H,7-8H2,1-6H3. The molecule has 0 saturated heterocycles. The second-order valence-corrected chi connectivity index (χ2v) is 5.29. The van der Waals surface area contributed by atoms with Gasteiger partial charge in [-0.05, 0) is 27.9 Å². The van der Waals surface area contributed by atoms with Crippen LogP contribution in [0.2, 0.25) is 0 Å². The zero-order valence-corrected chi connectivity index (χ0v) is 11.8. The van der Waals surface area contributed by atoms with Gasteiger partial charge in [-0.1, -0.05) is 13.8 Å². The fourth-order valence-corrected chi connectivity index (χ4v) is 1.76. The van der Waals surface area contributed by atoms with E-state index in [4.69, 9.17) is 0 Å². The number of nitrogens with zero attached hydrogens (tertiary/aromatic N) is 4. The lowest BCUT2D eigenvalue weighted by Gasteiger charge is -2.10. The molecule has 0 spiro atoms. The third-order valence-electron chi connectivity index (χ3n) is 2.69. The molecule has 1 rings (SSSR count). The molecule has 0 saturated carbocycles. The highest BCUT2D eigenvalue weighted by atomic mass is 16.2. The smallest absolute Gasteiger partial charge is 0.308 e. The van der Waals surface area contributed by atoms with Crippen molar-refractivity contribution in [3.63, 3.8) is 0 Å². The van der Waals surface area contributed by atoms with Gasteiger partial charge in [-0.3, -0.25) is 4.57 Å². The normalized spacial score (nSPS) is 12.1. The van der Waals surface area contributed by atoms with Crippen LogP contribution in [0.5, 0.6) is 0 Å². The zero-order chi connectivity index (χ0) is 13.2. The number of aromatic nitrogens is 3. The first-order valence-electron chi connectivity index (χ1n) is 6.18. The van der Waals surface area contributed by atoms with Gasteiger partial charge < -0.3 is 4.90 Å². The predicted octanol–water partition coefficient (Wildman–Crippen LogP) is 1.31. The van der Waals surface area contributed by atoms with E-state index >= 15 is 0 Å². The van der Waals surface area contributed by atoms with Gasteiger partial charge in [-0.2, -0.15) is 5.10 Å². The number of rotatable bonds is 5. The molecule has 0 aliphatic carbocycles. The van der Waals surface area contributed by atoms with Crippen LogP contribution in [-0.2, 0) is 6.54 Å². The molecule has 17 heavy (non-hydrogen) atoms. The summed E-state index contributed by atoms with van der Waals surface area (Å²) in [7, 11) is 3.99. The number of likely N-dealkylation sites (N-methyl/N-ethyl adjacent to an activating group) is 1. The maximum Gasteiger partial charge on any atom is 0.346 e. The molecule has 0 amide bonds. The first-order chi connectivity index (χ1) is 7.84. The molecular formula is C12H24N4O. The molecule has 0 unspecified atom stereocenters. The van der Waals surface area contributed by atoms with Crippen molar-refractivity contribution >= 4 is 0 Å². The first-order valence-corrected chi connectivity index (χ1v) is 6.18. The van der Waals surface area contributed by atoms with Crippen LogP contribution >= 0.6 is 0 Å². The molecule has 0 radical (unpaired) electrons. The average molecular weight is 240 g/mol. The van der Waals surface area contributed by atoms with Crippen LogP contribution in [0.15, 0.2) is 4.79 Å². The van der Waals surface area contributed by atoms with Crippen molar-refractivity contribution in [3.05, 3.63) is 16.3 Å². The number of hydrogen-bond acceptors (Lipinski definition) is 3. The van der Waals surface area contributed by atoms with Gasteiger partial charge in [0.25, 0.3) is 0 Å². The maximum atomic E-state index is 12.2. The van der Waals surface area contributed by atoms with Gasteiger partial charge >= 0.3 is 5.69 Å². The molecule has 1 aromatic rings. The summed E-state index contributed by atoms with van der Waals surface area (Å²) in [5.41, 5.74) is 0.00514. The monoisotopic (exact) mass is 240 g/mol. The summed E-state index contributed by atoms with van der Waals surface area (Å²) in [4.78, 5) is 14.2. The third kappa shape index (κ3) is 3.19. The van der Waals surface area contributed by atoms with E-state index < -0.39 is 0 Å². The minimum atomic E-state index is 0.00514. The van der Waals surface area contributed by atoms with Crippen molar-refractivity contribution in [2.45, 2.75) is 46.2 Å². The Hall–Kier alpha value is -1.10. The molecular weight excluding hydrogens is 216 g/mol. The van der Waals surface area contributed by atoms with Crippen molar-refractivity contribution in [3.8, 4) is 0 Å². The molecule has 0 fully saturated rings. The first kappa shape index (κ1) is 14.0. The quantitative estimate of drug-likeness (QED) is 0.779. The van der Waals surface area contributed by atoms with Crippen LogP contribution in [-0.4, -0.2) is 39.9 Å². The Morgan fingerprint density at radius 1 is 1.24 bits per heavy atom. The second-order valence-electron chi connectivity index (χ2n) is 5.29. The fraction of sp³-hybridized carbons (Fsp3) is 0.833. The van der Waals surface area contributed by atoms with Crippen LogP contribution < -0.4 is 5.69 Å². The molecule has 0 atom stereocenters. The van der Waals surface area contributed by atoms with Gasteiger partial charge in [0.2, 0.25) is 0 Å². The van der Waals surface area contributed by atoms with Gasteiger partial charge in [0, 0.05) is 18.5 Å². The van der Waals surface area contributed by atoms with E-state index in [1.54, 1.807) is 9.25 Å². The van der Waals surface area contributed by atoms with Crippen molar-refractivity contribution in [2.75, 3.05) is 20.6 Å². The summed E-state index contributed by atoms with van der Waals surface area (Å²) < 4.78 is 3.37. The molecule has 1 heterocycles. The van der Waals surface area contributed by atoms with E-state index in [0.717, 1.165) is 12.4 Å². The van der Waals surface area contributed by atoms with E-state index in [1.165, 1.54) is 0 Å². The molecule has 98 valence electrons. The molecule has 1 aromatic heterocycles. The van der Waals surface area contributed by atoms with Crippen molar-refractivity contribution in [1.82, 2.24) is 19.2 Å². The Bertz CT molecular complexity index is 415. The zero-order valence-electron chi connectivity index (χ0n) is 11.8. The van der Waals surface area contributed by atoms with Crippen molar-refractivity contribution in [1.29, 1.82) is 0 Å². The minimum absolute atomic E-state index is 0.00514. The van der Waals surface area contributed by atoms with Crippen LogP contribution in [0, 0.1) is 0 Å². The van der Waals surface area contributed by atoms with Crippen LogP contribution in [0.4, 0.5) is 0 Å². The Labute approximate surface area is 103 Å². The minimum Gasteiger partial charge on any atom is -0.308 e. The lowest BCUT2D eigenvalue weighted by atomic mass is 10.2. The highest BCUT2D eigenvalue weighted by Crippen LogP contribution is 2.13.